The van der Waals surface area contributed by atoms with Gasteiger partial charge in [-0.3, -0.25) is 4.79 Å². The van der Waals surface area contributed by atoms with E-state index in [1.54, 1.807) is 0 Å². The normalized spacial score (nSPS) is 18.4. The Hall–Kier alpha value is -1.26. The maximum absolute atomic E-state index is 11.8. The Morgan fingerprint density at radius 1 is 1.10 bits per heavy atom. The lowest BCUT2D eigenvalue weighted by atomic mass is 9.72. The number of aliphatic carboxylic acids is 1. The summed E-state index contributed by atoms with van der Waals surface area (Å²) in [6.07, 6.45) is 5.19. The zero-order valence-corrected chi connectivity index (χ0v) is 12.9. The van der Waals surface area contributed by atoms with Crippen LogP contribution in [0.3, 0.4) is 0 Å². The molecule has 0 aromatic carbocycles. The van der Waals surface area contributed by atoms with Gasteiger partial charge in [0.05, 0.1) is 6.42 Å². The highest BCUT2D eigenvalue weighted by Crippen LogP contribution is 2.38. The van der Waals surface area contributed by atoms with Crippen molar-refractivity contribution in [2.24, 2.45) is 10.8 Å². The number of hydrogen-bond acceptors (Lipinski definition) is 2. The Kier molecular flexibility index (Phi) is 5.84. The summed E-state index contributed by atoms with van der Waals surface area (Å²) in [7, 11) is 0. The summed E-state index contributed by atoms with van der Waals surface area (Å²) in [4.78, 5) is 22.8. The van der Waals surface area contributed by atoms with E-state index in [2.05, 4.69) is 31.4 Å². The molecule has 0 unspecified atom stereocenters. The largest absolute Gasteiger partial charge is 0.481 e. The van der Waals surface area contributed by atoms with E-state index in [4.69, 9.17) is 5.11 Å². The fourth-order valence-corrected chi connectivity index (χ4v) is 2.71. The van der Waals surface area contributed by atoms with Crippen LogP contribution in [0.4, 0.5) is 4.79 Å². The average molecular weight is 284 g/mol. The highest BCUT2D eigenvalue weighted by atomic mass is 16.4. The standard InChI is InChI=1S/C15H28N2O3/c1-14(2,3)10-16-13(20)17-11-15(9-12(18)19)7-5-4-6-8-15/h4-11H2,1-3H3,(H,18,19)(H2,16,17,20). The van der Waals surface area contributed by atoms with Crippen molar-refractivity contribution < 1.29 is 14.7 Å². The maximum atomic E-state index is 11.8. The van der Waals surface area contributed by atoms with Gasteiger partial charge in [-0.1, -0.05) is 40.0 Å². The van der Waals surface area contributed by atoms with Gasteiger partial charge in [0, 0.05) is 13.1 Å². The minimum atomic E-state index is -0.774. The summed E-state index contributed by atoms with van der Waals surface area (Å²) < 4.78 is 0. The van der Waals surface area contributed by atoms with Crippen LogP contribution in [0.5, 0.6) is 0 Å². The zero-order valence-electron chi connectivity index (χ0n) is 12.9. The summed E-state index contributed by atoms with van der Waals surface area (Å²) in [6, 6.07) is -0.199. The molecule has 0 bridgehead atoms. The van der Waals surface area contributed by atoms with Gasteiger partial charge in [-0.25, -0.2) is 4.79 Å². The van der Waals surface area contributed by atoms with Crippen molar-refractivity contribution in [3.63, 3.8) is 0 Å². The van der Waals surface area contributed by atoms with E-state index >= 15 is 0 Å². The predicted molar refractivity (Wildman–Crippen MR) is 78.6 cm³/mol. The Morgan fingerprint density at radius 3 is 2.20 bits per heavy atom. The lowest BCUT2D eigenvalue weighted by Gasteiger charge is -2.36. The molecule has 20 heavy (non-hydrogen) atoms. The first-order chi connectivity index (χ1) is 9.22. The van der Waals surface area contributed by atoms with Crippen LogP contribution < -0.4 is 10.6 Å². The average Bonchev–Trinajstić information content (AvgIpc) is 2.33. The van der Waals surface area contributed by atoms with Gasteiger partial charge in [-0.15, -0.1) is 0 Å². The molecule has 0 aliphatic heterocycles. The fraction of sp³-hybridized carbons (Fsp3) is 0.867. The van der Waals surface area contributed by atoms with Crippen molar-refractivity contribution in [2.45, 2.75) is 59.3 Å². The fourth-order valence-electron chi connectivity index (χ4n) is 2.71. The number of hydrogen-bond donors (Lipinski definition) is 3. The first-order valence-electron chi connectivity index (χ1n) is 7.46. The molecule has 5 nitrogen and oxygen atoms in total. The smallest absolute Gasteiger partial charge is 0.314 e. The second-order valence-electron chi connectivity index (χ2n) is 7.23. The van der Waals surface area contributed by atoms with Crippen LogP contribution in [-0.4, -0.2) is 30.2 Å². The molecule has 116 valence electrons. The van der Waals surface area contributed by atoms with Crippen LogP contribution in [0.2, 0.25) is 0 Å². The van der Waals surface area contributed by atoms with Gasteiger partial charge in [0.1, 0.15) is 0 Å². The van der Waals surface area contributed by atoms with E-state index in [1.807, 2.05) is 0 Å². The van der Waals surface area contributed by atoms with Gasteiger partial charge in [-0.2, -0.15) is 0 Å². The third-order valence-electron chi connectivity index (χ3n) is 3.84. The van der Waals surface area contributed by atoms with Gasteiger partial charge in [0.15, 0.2) is 0 Å². The molecule has 1 aliphatic rings. The van der Waals surface area contributed by atoms with Crippen molar-refractivity contribution >= 4 is 12.0 Å². The van der Waals surface area contributed by atoms with Crippen molar-refractivity contribution in [1.29, 1.82) is 0 Å². The Labute approximate surface area is 121 Å². The number of rotatable bonds is 5. The summed E-state index contributed by atoms with van der Waals surface area (Å²) in [5.74, 6) is -0.774. The van der Waals surface area contributed by atoms with E-state index in [0.717, 1.165) is 32.1 Å². The van der Waals surface area contributed by atoms with Crippen LogP contribution in [-0.2, 0) is 4.79 Å². The first kappa shape index (κ1) is 16.8. The molecule has 1 fully saturated rings. The van der Waals surface area contributed by atoms with Crippen molar-refractivity contribution in [3.05, 3.63) is 0 Å². The third-order valence-corrected chi connectivity index (χ3v) is 3.84. The second kappa shape index (κ2) is 6.95. The number of carboxylic acids is 1. The Balaban J connectivity index is 2.45. The number of carboxylic acid groups (broad SMARTS) is 1. The van der Waals surface area contributed by atoms with Crippen molar-refractivity contribution in [3.8, 4) is 0 Å². The molecule has 0 aromatic rings. The molecule has 1 aliphatic carbocycles. The lowest BCUT2D eigenvalue weighted by Crippen LogP contribution is -2.46. The molecule has 5 heteroatoms. The van der Waals surface area contributed by atoms with Crippen LogP contribution >= 0.6 is 0 Å². The zero-order chi connectivity index (χ0) is 15.2. The van der Waals surface area contributed by atoms with E-state index < -0.39 is 5.97 Å². The highest BCUT2D eigenvalue weighted by molar-refractivity contribution is 5.74. The molecule has 0 saturated heterocycles. The number of nitrogens with one attached hydrogen (secondary N) is 2. The minimum Gasteiger partial charge on any atom is -0.481 e. The topological polar surface area (TPSA) is 78.4 Å². The monoisotopic (exact) mass is 284 g/mol. The second-order valence-corrected chi connectivity index (χ2v) is 7.23. The third kappa shape index (κ3) is 6.26. The molecular weight excluding hydrogens is 256 g/mol. The molecule has 0 radical (unpaired) electrons. The molecule has 0 atom stereocenters. The molecule has 0 heterocycles. The highest BCUT2D eigenvalue weighted by Gasteiger charge is 2.34. The molecule has 0 aromatic heterocycles. The van der Waals surface area contributed by atoms with Gasteiger partial charge in [0.2, 0.25) is 0 Å². The van der Waals surface area contributed by atoms with Gasteiger partial charge >= 0.3 is 12.0 Å². The van der Waals surface area contributed by atoms with Gasteiger partial charge in [-0.05, 0) is 23.7 Å². The Bertz CT molecular complexity index is 342. The summed E-state index contributed by atoms with van der Waals surface area (Å²) in [5, 5.41) is 14.8. The molecular formula is C15H28N2O3. The summed E-state index contributed by atoms with van der Waals surface area (Å²) >= 11 is 0. The van der Waals surface area contributed by atoms with E-state index in [-0.39, 0.29) is 23.3 Å². The van der Waals surface area contributed by atoms with Crippen molar-refractivity contribution in [2.75, 3.05) is 13.1 Å². The van der Waals surface area contributed by atoms with Crippen LogP contribution in [0.15, 0.2) is 0 Å². The maximum Gasteiger partial charge on any atom is 0.314 e. The number of amides is 2. The molecule has 0 spiro atoms. The van der Waals surface area contributed by atoms with Gasteiger partial charge < -0.3 is 15.7 Å². The lowest BCUT2D eigenvalue weighted by molar-refractivity contribution is -0.140. The SMILES string of the molecule is CC(C)(C)CNC(=O)NCC1(CC(=O)O)CCCCC1. The molecule has 1 saturated carbocycles. The molecule has 3 N–H and O–H groups in total. The number of carbonyl (C=O) groups excluding carboxylic acids is 1. The molecule has 2 amide bonds. The minimum absolute atomic E-state index is 0.0426. The van der Waals surface area contributed by atoms with E-state index in [9.17, 15) is 9.59 Å². The molecule has 1 rings (SSSR count). The Morgan fingerprint density at radius 2 is 1.70 bits per heavy atom. The number of urea groups is 1. The van der Waals surface area contributed by atoms with Crippen LogP contribution in [0.25, 0.3) is 0 Å². The quantitative estimate of drug-likeness (QED) is 0.726. The van der Waals surface area contributed by atoms with E-state index in [1.165, 1.54) is 0 Å². The van der Waals surface area contributed by atoms with E-state index in [0.29, 0.717) is 13.1 Å². The predicted octanol–water partition coefficient (Wildman–Crippen LogP) is 2.76. The summed E-state index contributed by atoms with van der Waals surface area (Å²) in [5.41, 5.74) is -0.218. The first-order valence-corrected chi connectivity index (χ1v) is 7.46. The van der Waals surface area contributed by atoms with Crippen molar-refractivity contribution in [1.82, 2.24) is 10.6 Å². The van der Waals surface area contributed by atoms with Crippen LogP contribution in [0, 0.1) is 10.8 Å². The van der Waals surface area contributed by atoms with Gasteiger partial charge in [0.25, 0.3) is 0 Å². The summed E-state index contributed by atoms with van der Waals surface area (Å²) in [6.45, 7) is 7.22. The van der Waals surface area contributed by atoms with Crippen LogP contribution in [0.1, 0.15) is 59.3 Å². The number of carbonyl (C=O) groups is 2.